The highest BCUT2D eigenvalue weighted by Gasteiger charge is 2.43. The molecular formula is C46H29BN2. The van der Waals surface area contributed by atoms with Crippen LogP contribution in [-0.2, 0) is 0 Å². The maximum Gasteiger partial charge on any atom is 0.248 e. The first kappa shape index (κ1) is 26.7. The van der Waals surface area contributed by atoms with Gasteiger partial charge in [0.1, 0.15) is 0 Å². The summed E-state index contributed by atoms with van der Waals surface area (Å²) in [4.78, 5) is 4.95. The summed E-state index contributed by atoms with van der Waals surface area (Å²) < 4.78 is 0. The first-order valence-corrected chi connectivity index (χ1v) is 17.1. The molecule has 0 unspecified atom stereocenters. The lowest BCUT2D eigenvalue weighted by Gasteiger charge is -2.38. The number of para-hydroxylation sites is 3. The fraction of sp³-hybridized carbons (Fsp3) is 0. The SMILES string of the molecule is c1ccc(N(c2ccccc2)c2cc3c4c(c2)N(c2ccc5ccc6cccc7ccc2c5c67)c2ccccc2B4c2ccccc2-3)cc1. The summed E-state index contributed by atoms with van der Waals surface area (Å²) in [6, 6.07) is 64.9. The van der Waals surface area contributed by atoms with E-state index in [2.05, 4.69) is 186 Å². The van der Waals surface area contributed by atoms with Crippen LogP contribution in [0.25, 0.3) is 43.4 Å². The number of nitrogens with zero attached hydrogens (tertiary/aromatic N) is 2. The van der Waals surface area contributed by atoms with E-state index in [1.807, 2.05) is 0 Å². The molecule has 0 fully saturated rings. The van der Waals surface area contributed by atoms with Gasteiger partial charge >= 0.3 is 0 Å². The summed E-state index contributed by atoms with van der Waals surface area (Å²) >= 11 is 0. The summed E-state index contributed by atoms with van der Waals surface area (Å²) in [5.41, 5.74) is 13.8. The van der Waals surface area contributed by atoms with Crippen molar-refractivity contribution in [1.29, 1.82) is 0 Å². The molecule has 9 aromatic carbocycles. The van der Waals surface area contributed by atoms with E-state index in [9.17, 15) is 0 Å². The van der Waals surface area contributed by atoms with Gasteiger partial charge in [0, 0.05) is 33.8 Å². The van der Waals surface area contributed by atoms with Crippen LogP contribution in [0.2, 0.25) is 0 Å². The molecule has 0 N–H and O–H groups in total. The molecule has 3 heteroatoms. The van der Waals surface area contributed by atoms with E-state index in [0.29, 0.717) is 0 Å². The third-order valence-electron chi connectivity index (χ3n) is 10.8. The molecule has 0 saturated heterocycles. The lowest BCUT2D eigenvalue weighted by atomic mass is 9.37. The van der Waals surface area contributed by atoms with E-state index >= 15 is 0 Å². The van der Waals surface area contributed by atoms with Crippen molar-refractivity contribution in [3.63, 3.8) is 0 Å². The van der Waals surface area contributed by atoms with Crippen LogP contribution in [0.4, 0.5) is 34.1 Å². The highest BCUT2D eigenvalue weighted by atomic mass is 15.2. The Hall–Kier alpha value is -6.32. The Labute approximate surface area is 285 Å². The molecule has 9 aromatic rings. The highest BCUT2D eigenvalue weighted by molar-refractivity contribution is 7.01. The molecule has 0 amide bonds. The second-order valence-corrected chi connectivity index (χ2v) is 13.3. The monoisotopic (exact) mass is 620 g/mol. The minimum absolute atomic E-state index is 0.171. The van der Waals surface area contributed by atoms with Crippen LogP contribution in [-0.4, -0.2) is 6.71 Å². The van der Waals surface area contributed by atoms with Gasteiger partial charge in [-0.3, -0.25) is 0 Å². The second-order valence-electron chi connectivity index (χ2n) is 13.3. The quantitative estimate of drug-likeness (QED) is 0.143. The number of benzene rings is 9. The van der Waals surface area contributed by atoms with Crippen molar-refractivity contribution in [3.8, 4) is 11.1 Å². The number of anilines is 6. The maximum absolute atomic E-state index is 2.56. The summed E-state index contributed by atoms with van der Waals surface area (Å²) in [5.74, 6) is 0. The van der Waals surface area contributed by atoms with Crippen LogP contribution in [0.1, 0.15) is 0 Å². The van der Waals surface area contributed by atoms with E-state index in [1.54, 1.807) is 0 Å². The zero-order chi connectivity index (χ0) is 32.1. The van der Waals surface area contributed by atoms with Crippen LogP contribution in [0.5, 0.6) is 0 Å². The second kappa shape index (κ2) is 10.1. The predicted octanol–water partition coefficient (Wildman–Crippen LogP) is 10.3. The lowest BCUT2D eigenvalue weighted by Crippen LogP contribution is -2.54. The van der Waals surface area contributed by atoms with Gasteiger partial charge in [0.2, 0.25) is 6.71 Å². The molecule has 0 aromatic heterocycles. The summed E-state index contributed by atoms with van der Waals surface area (Å²) in [7, 11) is 0. The number of hydrogen-bond donors (Lipinski definition) is 0. The summed E-state index contributed by atoms with van der Waals surface area (Å²) in [6.45, 7) is 0.171. The van der Waals surface area contributed by atoms with Crippen molar-refractivity contribution in [3.05, 3.63) is 176 Å². The van der Waals surface area contributed by atoms with E-state index in [0.717, 1.165) is 17.1 Å². The molecule has 0 spiro atoms. The Morgan fingerprint density at radius 1 is 0.388 bits per heavy atom. The average molecular weight is 621 g/mol. The fourth-order valence-electron chi connectivity index (χ4n) is 8.78. The van der Waals surface area contributed by atoms with Gasteiger partial charge < -0.3 is 9.80 Å². The van der Waals surface area contributed by atoms with E-state index in [-0.39, 0.29) is 6.71 Å². The van der Waals surface area contributed by atoms with Crippen molar-refractivity contribution in [2.24, 2.45) is 0 Å². The third kappa shape index (κ3) is 3.73. The molecule has 0 atom stereocenters. The molecule has 2 aliphatic rings. The van der Waals surface area contributed by atoms with Gasteiger partial charge in [0.05, 0.1) is 5.69 Å². The van der Waals surface area contributed by atoms with Crippen LogP contribution in [0.15, 0.2) is 176 Å². The van der Waals surface area contributed by atoms with Crippen molar-refractivity contribution in [2.75, 3.05) is 9.80 Å². The molecule has 0 bridgehead atoms. The molecule has 0 aliphatic carbocycles. The van der Waals surface area contributed by atoms with E-state index in [1.165, 1.54) is 76.9 Å². The summed E-state index contributed by atoms with van der Waals surface area (Å²) in [6.07, 6.45) is 0. The van der Waals surface area contributed by atoms with Crippen LogP contribution in [0.3, 0.4) is 0 Å². The van der Waals surface area contributed by atoms with Gasteiger partial charge in [-0.15, -0.1) is 0 Å². The molecule has 49 heavy (non-hydrogen) atoms. The molecular weight excluding hydrogens is 591 g/mol. The zero-order valence-corrected chi connectivity index (χ0v) is 26.7. The highest BCUT2D eigenvalue weighted by Crippen LogP contribution is 2.48. The smallest absolute Gasteiger partial charge is 0.248 e. The largest absolute Gasteiger partial charge is 0.311 e. The van der Waals surface area contributed by atoms with Gasteiger partial charge in [0.15, 0.2) is 0 Å². The van der Waals surface area contributed by atoms with Crippen molar-refractivity contribution in [2.45, 2.75) is 0 Å². The van der Waals surface area contributed by atoms with Crippen molar-refractivity contribution in [1.82, 2.24) is 0 Å². The van der Waals surface area contributed by atoms with Crippen LogP contribution >= 0.6 is 0 Å². The normalized spacial score (nSPS) is 12.8. The minimum atomic E-state index is 0.171. The standard InChI is InChI=1S/C46H29BN2/c1-3-14-33(15-4-1)48(34-16-5-2-6-17-34)35-28-38-36-18-7-8-19-39(36)47-40-20-9-10-21-42(40)49(43(29-35)46(38)47)41-27-25-32-23-22-30-12-11-13-31-24-26-37(41)45(32)44(30)31/h1-29H. The predicted molar refractivity (Wildman–Crippen MR) is 210 cm³/mol. The first-order chi connectivity index (χ1) is 24.3. The molecule has 11 rings (SSSR count). The third-order valence-corrected chi connectivity index (χ3v) is 10.8. The van der Waals surface area contributed by atoms with Gasteiger partial charge in [-0.05, 0) is 97.5 Å². The van der Waals surface area contributed by atoms with Crippen LogP contribution in [0, 0.1) is 0 Å². The molecule has 0 radical (unpaired) electrons. The molecule has 2 nitrogen and oxygen atoms in total. The molecule has 226 valence electrons. The van der Waals surface area contributed by atoms with Crippen molar-refractivity contribution < 1.29 is 0 Å². The number of hydrogen-bond acceptors (Lipinski definition) is 2. The van der Waals surface area contributed by atoms with Gasteiger partial charge in [-0.2, -0.15) is 0 Å². The molecule has 2 heterocycles. The van der Waals surface area contributed by atoms with Crippen LogP contribution < -0.4 is 26.2 Å². The summed E-state index contributed by atoms with van der Waals surface area (Å²) in [5, 5.41) is 7.79. The van der Waals surface area contributed by atoms with E-state index < -0.39 is 0 Å². The Morgan fingerprint density at radius 2 is 1.00 bits per heavy atom. The molecule has 2 aliphatic heterocycles. The van der Waals surface area contributed by atoms with E-state index in [4.69, 9.17) is 0 Å². The number of fused-ring (bicyclic) bond motifs is 5. The topological polar surface area (TPSA) is 6.48 Å². The van der Waals surface area contributed by atoms with Gasteiger partial charge in [-0.1, -0.05) is 133 Å². The Balaban J connectivity index is 1.25. The Kier molecular flexibility index (Phi) is 5.50. The Morgan fingerprint density at radius 3 is 1.76 bits per heavy atom. The van der Waals surface area contributed by atoms with Gasteiger partial charge in [0.25, 0.3) is 0 Å². The lowest BCUT2D eigenvalue weighted by molar-refractivity contribution is 1.26. The minimum Gasteiger partial charge on any atom is -0.311 e. The number of rotatable bonds is 4. The fourth-order valence-corrected chi connectivity index (χ4v) is 8.78. The van der Waals surface area contributed by atoms with Crippen molar-refractivity contribution >= 4 is 89.5 Å². The van der Waals surface area contributed by atoms with Gasteiger partial charge in [-0.25, -0.2) is 0 Å². The maximum atomic E-state index is 2.56. The zero-order valence-electron chi connectivity index (χ0n) is 26.7. The molecule has 0 saturated carbocycles. The first-order valence-electron chi connectivity index (χ1n) is 17.1. The average Bonchev–Trinajstić information content (AvgIpc) is 3.50. The Bertz CT molecular complexity index is 2680.